The van der Waals surface area contributed by atoms with E-state index in [1.165, 1.54) is 0 Å². The molecule has 0 spiro atoms. The second-order valence-corrected chi connectivity index (χ2v) is 2.94. The largest absolute Gasteiger partial charge is 0.394 e. The third-order valence-corrected chi connectivity index (χ3v) is 1.71. The molecule has 0 aromatic rings. The Morgan fingerprint density at radius 2 is 1.88 bits per heavy atom. The van der Waals surface area contributed by atoms with Crippen molar-refractivity contribution >= 4 is 18.1 Å². The van der Waals surface area contributed by atoms with Gasteiger partial charge in [-0.15, -0.1) is 0 Å². The second-order valence-electron chi connectivity index (χ2n) is 2.94. The van der Waals surface area contributed by atoms with Gasteiger partial charge in [-0.1, -0.05) is 0 Å². The number of rotatable bonds is 7. The number of hydrogen-bond donors (Lipinski definition) is 5. The lowest BCUT2D eigenvalue weighted by Crippen LogP contribution is -2.54. The van der Waals surface area contributed by atoms with Crippen LogP contribution in [0.15, 0.2) is 0 Å². The summed E-state index contributed by atoms with van der Waals surface area (Å²) in [6.45, 7) is -1.41. The van der Waals surface area contributed by atoms with Crippen molar-refractivity contribution in [2.75, 3.05) is 19.8 Å². The number of amides is 2. The van der Waals surface area contributed by atoms with Crippen molar-refractivity contribution in [2.24, 2.45) is 5.73 Å². The van der Waals surface area contributed by atoms with Crippen molar-refractivity contribution in [3.05, 3.63) is 0 Å². The lowest BCUT2D eigenvalue weighted by molar-refractivity contribution is -0.131. The zero-order valence-corrected chi connectivity index (χ0v) is 8.55. The van der Waals surface area contributed by atoms with E-state index < -0.39 is 37.1 Å². The highest BCUT2D eigenvalue weighted by Gasteiger charge is 2.22. The predicted molar refractivity (Wildman–Crippen MR) is 53.2 cm³/mol. The summed E-state index contributed by atoms with van der Waals surface area (Å²) >= 11 is 0. The van der Waals surface area contributed by atoms with Crippen molar-refractivity contribution in [2.45, 2.75) is 12.1 Å². The third kappa shape index (κ3) is 4.82. The Bertz CT molecular complexity index is 258. The summed E-state index contributed by atoms with van der Waals surface area (Å²) in [6.07, 6.45) is 0.466. The summed E-state index contributed by atoms with van der Waals surface area (Å²) in [5.74, 6) is -1.46. The number of hydrogen-bond acceptors (Lipinski definition) is 6. The third-order valence-electron chi connectivity index (χ3n) is 1.71. The van der Waals surface area contributed by atoms with Gasteiger partial charge in [0.2, 0.25) is 11.8 Å². The monoisotopic (exact) mass is 233 g/mol. The predicted octanol–water partition coefficient (Wildman–Crippen LogP) is -3.90. The molecule has 0 aromatic heterocycles. The van der Waals surface area contributed by atoms with Crippen LogP contribution in [0.3, 0.4) is 0 Å². The number of nitrogens with two attached hydrogens (primary N) is 1. The van der Waals surface area contributed by atoms with Crippen LogP contribution < -0.4 is 16.4 Å². The molecule has 0 aliphatic heterocycles. The molecular weight excluding hydrogens is 218 g/mol. The minimum Gasteiger partial charge on any atom is -0.394 e. The number of nitrogens with one attached hydrogen (secondary N) is 2. The van der Waals surface area contributed by atoms with E-state index in [0.717, 1.165) is 0 Å². The summed E-state index contributed by atoms with van der Waals surface area (Å²) in [7, 11) is 0. The highest BCUT2D eigenvalue weighted by Crippen LogP contribution is 1.85. The fraction of sp³-hybridized carbons (Fsp3) is 0.625. The Morgan fingerprint density at radius 3 is 2.31 bits per heavy atom. The van der Waals surface area contributed by atoms with Gasteiger partial charge in [-0.05, 0) is 0 Å². The Hall–Kier alpha value is -1.51. The fourth-order valence-electron chi connectivity index (χ4n) is 0.821. The van der Waals surface area contributed by atoms with Gasteiger partial charge in [0.15, 0.2) is 0 Å². The molecule has 0 aliphatic carbocycles. The summed E-state index contributed by atoms with van der Waals surface area (Å²) in [5.41, 5.74) is 5.19. The molecule has 6 N–H and O–H groups in total. The molecule has 8 nitrogen and oxygen atoms in total. The molecule has 0 saturated heterocycles. The molecule has 0 rings (SSSR count). The van der Waals surface area contributed by atoms with Crippen LogP contribution in [0.25, 0.3) is 0 Å². The van der Waals surface area contributed by atoms with Gasteiger partial charge in [0.1, 0.15) is 18.4 Å². The Morgan fingerprint density at radius 1 is 1.25 bits per heavy atom. The number of aliphatic hydroxyl groups is 2. The lowest BCUT2D eigenvalue weighted by atomic mass is 10.2. The number of aldehydes is 1. The average molecular weight is 233 g/mol. The second kappa shape index (κ2) is 7.74. The van der Waals surface area contributed by atoms with E-state index in [1.54, 1.807) is 0 Å². The van der Waals surface area contributed by atoms with Crippen molar-refractivity contribution in [3.8, 4) is 0 Å². The Labute approximate surface area is 91.8 Å². The highest BCUT2D eigenvalue weighted by atomic mass is 16.3. The normalized spacial score (nSPS) is 13.7. The zero-order valence-electron chi connectivity index (χ0n) is 8.55. The van der Waals surface area contributed by atoms with Crippen molar-refractivity contribution in [1.29, 1.82) is 0 Å². The molecule has 2 amide bonds. The topological polar surface area (TPSA) is 142 Å². The van der Waals surface area contributed by atoms with E-state index >= 15 is 0 Å². The van der Waals surface area contributed by atoms with Crippen LogP contribution >= 0.6 is 0 Å². The standard InChI is InChI=1S/C8H15N3O5/c9-5(3-13)7(15)11-6(4-14)8(16)10-1-2-12/h2,5-6,13-14H,1,3-4,9H2,(H,10,16)(H,11,15). The molecule has 0 bridgehead atoms. The minimum atomic E-state index is -1.19. The maximum Gasteiger partial charge on any atom is 0.245 e. The molecule has 0 heterocycles. The van der Waals surface area contributed by atoms with Gasteiger partial charge in [-0.25, -0.2) is 0 Å². The molecule has 2 unspecified atom stereocenters. The van der Waals surface area contributed by atoms with E-state index in [2.05, 4.69) is 10.6 Å². The molecule has 0 saturated carbocycles. The minimum absolute atomic E-state index is 0.211. The van der Waals surface area contributed by atoms with Gasteiger partial charge >= 0.3 is 0 Å². The quantitative estimate of drug-likeness (QED) is 0.284. The lowest BCUT2D eigenvalue weighted by Gasteiger charge is -2.17. The van der Waals surface area contributed by atoms with Crippen LogP contribution in [-0.4, -0.2) is 60.2 Å². The summed E-state index contributed by atoms with van der Waals surface area (Å²) in [5, 5.41) is 21.7. The first-order valence-corrected chi connectivity index (χ1v) is 4.55. The number of carbonyl (C=O) groups excluding carboxylic acids is 3. The van der Waals surface area contributed by atoms with E-state index in [0.29, 0.717) is 6.29 Å². The summed E-state index contributed by atoms with van der Waals surface area (Å²) in [6, 6.07) is -2.35. The van der Waals surface area contributed by atoms with Crippen molar-refractivity contribution in [3.63, 3.8) is 0 Å². The highest BCUT2D eigenvalue weighted by molar-refractivity contribution is 5.90. The first-order valence-electron chi connectivity index (χ1n) is 4.55. The van der Waals surface area contributed by atoms with E-state index in [4.69, 9.17) is 15.9 Å². The Kier molecular flexibility index (Phi) is 7.01. The SMILES string of the molecule is NC(CO)C(=O)NC(CO)C(=O)NCC=O. The number of aliphatic hydroxyl groups excluding tert-OH is 2. The molecule has 0 aromatic carbocycles. The zero-order chi connectivity index (χ0) is 12.6. The van der Waals surface area contributed by atoms with Crippen LogP contribution in [0.2, 0.25) is 0 Å². The van der Waals surface area contributed by atoms with Crippen molar-refractivity contribution in [1.82, 2.24) is 10.6 Å². The molecule has 0 radical (unpaired) electrons. The molecule has 2 atom stereocenters. The van der Waals surface area contributed by atoms with Gasteiger partial charge < -0.3 is 31.4 Å². The van der Waals surface area contributed by atoms with Crippen LogP contribution in [0.4, 0.5) is 0 Å². The van der Waals surface area contributed by atoms with Gasteiger partial charge in [0.05, 0.1) is 19.8 Å². The van der Waals surface area contributed by atoms with Crippen LogP contribution in [0, 0.1) is 0 Å². The van der Waals surface area contributed by atoms with Crippen molar-refractivity contribution < 1.29 is 24.6 Å². The van der Waals surface area contributed by atoms with Gasteiger partial charge in [-0.2, -0.15) is 0 Å². The molecule has 0 fully saturated rings. The summed E-state index contributed by atoms with van der Waals surface area (Å²) in [4.78, 5) is 32.4. The summed E-state index contributed by atoms with van der Waals surface area (Å²) < 4.78 is 0. The average Bonchev–Trinajstić information content (AvgIpc) is 2.31. The van der Waals surface area contributed by atoms with E-state index in [-0.39, 0.29) is 6.54 Å². The molecule has 8 heteroatoms. The van der Waals surface area contributed by atoms with Gasteiger partial charge in [0, 0.05) is 0 Å². The fourth-order valence-corrected chi connectivity index (χ4v) is 0.821. The first-order chi connectivity index (χ1) is 7.56. The molecule has 0 aliphatic rings. The Balaban J connectivity index is 4.23. The van der Waals surface area contributed by atoms with Gasteiger partial charge in [0.25, 0.3) is 0 Å². The van der Waals surface area contributed by atoms with Crippen LogP contribution in [0.1, 0.15) is 0 Å². The molecule has 92 valence electrons. The molecular formula is C8H15N3O5. The number of carbonyl (C=O) groups is 3. The first kappa shape index (κ1) is 14.5. The van der Waals surface area contributed by atoms with Gasteiger partial charge in [-0.3, -0.25) is 9.59 Å². The van der Waals surface area contributed by atoms with Crippen LogP contribution in [-0.2, 0) is 14.4 Å². The van der Waals surface area contributed by atoms with Crippen LogP contribution in [0.5, 0.6) is 0 Å². The maximum absolute atomic E-state index is 11.2. The molecule has 16 heavy (non-hydrogen) atoms. The van der Waals surface area contributed by atoms with E-state index in [9.17, 15) is 14.4 Å². The van der Waals surface area contributed by atoms with E-state index in [1.807, 2.05) is 0 Å². The maximum atomic E-state index is 11.2. The smallest absolute Gasteiger partial charge is 0.245 e.